The summed E-state index contributed by atoms with van der Waals surface area (Å²) in [7, 11) is 0. The van der Waals surface area contributed by atoms with Gasteiger partial charge in [0, 0.05) is 18.1 Å². The summed E-state index contributed by atoms with van der Waals surface area (Å²) in [6.45, 7) is 5.08. The Morgan fingerprint density at radius 3 is 2.38 bits per heavy atom. The van der Waals surface area contributed by atoms with Gasteiger partial charge in [-0.3, -0.25) is 9.59 Å². The van der Waals surface area contributed by atoms with Gasteiger partial charge in [-0.05, 0) is 104 Å². The molecule has 0 radical (unpaired) electrons. The molecule has 2 aromatic rings. The number of aromatic hydroxyl groups is 1. The molecule has 2 amide bonds. The molecule has 198 valence electrons. The third-order valence-electron chi connectivity index (χ3n) is 8.92. The van der Waals surface area contributed by atoms with Crippen LogP contribution in [0, 0.1) is 17.8 Å². The highest BCUT2D eigenvalue weighted by molar-refractivity contribution is 5.79. The molecule has 0 aliphatic heterocycles. The Labute approximate surface area is 220 Å². The molecule has 0 unspecified atom stereocenters. The Hall–Kier alpha value is -2.86. The van der Waals surface area contributed by atoms with Gasteiger partial charge in [-0.25, -0.2) is 0 Å². The minimum absolute atomic E-state index is 0.0656. The maximum atomic E-state index is 13.1. The van der Waals surface area contributed by atoms with E-state index in [-0.39, 0.29) is 29.2 Å². The summed E-state index contributed by atoms with van der Waals surface area (Å²) in [5, 5.41) is 19.5. The SMILES string of the molecule is C[C@H](Cc1cccc(CC(=O)NC23CC4CC(CC(C4)C2)C3)c1)NC[C@H](C)c1ccc(O)c(NC=O)c1. The summed E-state index contributed by atoms with van der Waals surface area (Å²) in [6.07, 6.45) is 9.62. The van der Waals surface area contributed by atoms with Crippen LogP contribution in [0.2, 0.25) is 0 Å². The first kappa shape index (κ1) is 25.8. The highest BCUT2D eigenvalue weighted by Gasteiger charge is 2.51. The summed E-state index contributed by atoms with van der Waals surface area (Å²) < 4.78 is 0. The molecule has 2 aromatic carbocycles. The van der Waals surface area contributed by atoms with E-state index in [0.29, 0.717) is 18.5 Å². The molecule has 4 bridgehead atoms. The number of nitrogens with one attached hydrogen (secondary N) is 3. The largest absolute Gasteiger partial charge is 0.506 e. The van der Waals surface area contributed by atoms with Gasteiger partial charge >= 0.3 is 0 Å². The lowest BCUT2D eigenvalue weighted by molar-refractivity contribution is -0.126. The Balaban J connectivity index is 1.12. The molecule has 0 spiro atoms. The number of carbonyl (C=O) groups excluding carboxylic acids is 2. The standard InChI is InChI=1S/C31H41N3O3/c1-20(27-6-7-29(36)28(14-27)33-19-35)18-32-21(2)8-22-4-3-5-23(9-22)13-30(37)34-31-15-24-10-25(16-31)12-26(11-24)17-31/h3-7,9,14,19-21,24-26,32,36H,8,10-13,15-18H2,1-2H3,(H,33,35)(H,34,37)/t20-,21+,24?,25?,26?,31?/m0/s1. The van der Waals surface area contributed by atoms with E-state index in [1.165, 1.54) is 44.1 Å². The number of rotatable bonds is 11. The highest BCUT2D eigenvalue weighted by Crippen LogP contribution is 2.55. The van der Waals surface area contributed by atoms with Crippen molar-refractivity contribution in [2.75, 3.05) is 11.9 Å². The van der Waals surface area contributed by atoms with Crippen LogP contribution in [0.3, 0.4) is 0 Å². The van der Waals surface area contributed by atoms with Crippen molar-refractivity contribution in [1.29, 1.82) is 0 Å². The van der Waals surface area contributed by atoms with Crippen molar-refractivity contribution < 1.29 is 14.7 Å². The van der Waals surface area contributed by atoms with Crippen LogP contribution in [-0.2, 0) is 22.4 Å². The first-order valence-electron chi connectivity index (χ1n) is 14.0. The molecule has 4 saturated carbocycles. The van der Waals surface area contributed by atoms with Gasteiger partial charge in [-0.15, -0.1) is 0 Å². The van der Waals surface area contributed by atoms with E-state index in [0.717, 1.165) is 41.8 Å². The predicted octanol–water partition coefficient (Wildman–Crippen LogP) is 4.91. The lowest BCUT2D eigenvalue weighted by Gasteiger charge is -2.56. The molecule has 0 saturated heterocycles. The van der Waals surface area contributed by atoms with E-state index in [4.69, 9.17) is 0 Å². The molecule has 6 heteroatoms. The zero-order chi connectivity index (χ0) is 26.0. The van der Waals surface area contributed by atoms with Crippen LogP contribution in [0.5, 0.6) is 5.75 Å². The molecular formula is C31H41N3O3. The summed E-state index contributed by atoms with van der Waals surface area (Å²) >= 11 is 0. The number of hydrogen-bond donors (Lipinski definition) is 4. The van der Waals surface area contributed by atoms with Gasteiger partial charge in [-0.2, -0.15) is 0 Å². The minimum Gasteiger partial charge on any atom is -0.506 e. The fraction of sp³-hybridized carbons (Fsp3) is 0.548. The zero-order valence-electron chi connectivity index (χ0n) is 22.1. The lowest BCUT2D eigenvalue weighted by atomic mass is 9.53. The maximum Gasteiger partial charge on any atom is 0.224 e. The fourth-order valence-corrected chi connectivity index (χ4v) is 7.62. The van der Waals surface area contributed by atoms with Crippen LogP contribution in [-0.4, -0.2) is 35.5 Å². The summed E-state index contributed by atoms with van der Waals surface area (Å²) in [5.74, 6) is 2.95. The average molecular weight is 504 g/mol. The van der Waals surface area contributed by atoms with Gasteiger partial charge in [0.25, 0.3) is 0 Å². The second-order valence-electron chi connectivity index (χ2n) is 12.2. The van der Waals surface area contributed by atoms with Gasteiger partial charge in [0.15, 0.2) is 0 Å². The van der Waals surface area contributed by atoms with Crippen molar-refractivity contribution in [3.8, 4) is 5.75 Å². The molecule has 4 N–H and O–H groups in total. The minimum atomic E-state index is 0.0656. The van der Waals surface area contributed by atoms with Crippen LogP contribution >= 0.6 is 0 Å². The Morgan fingerprint density at radius 2 is 1.70 bits per heavy atom. The maximum absolute atomic E-state index is 13.1. The number of phenols is 1. The quantitative estimate of drug-likeness (QED) is 0.259. The summed E-state index contributed by atoms with van der Waals surface area (Å²) in [4.78, 5) is 23.8. The third kappa shape index (κ3) is 6.18. The van der Waals surface area contributed by atoms with Crippen LogP contribution in [0.25, 0.3) is 0 Å². The van der Waals surface area contributed by atoms with E-state index in [1.54, 1.807) is 6.07 Å². The van der Waals surface area contributed by atoms with Crippen molar-refractivity contribution >= 4 is 18.0 Å². The molecule has 37 heavy (non-hydrogen) atoms. The molecule has 0 aromatic heterocycles. The van der Waals surface area contributed by atoms with Gasteiger partial charge < -0.3 is 21.1 Å². The van der Waals surface area contributed by atoms with Crippen molar-refractivity contribution in [3.63, 3.8) is 0 Å². The smallest absolute Gasteiger partial charge is 0.224 e. The van der Waals surface area contributed by atoms with Gasteiger partial charge in [0.05, 0.1) is 12.1 Å². The van der Waals surface area contributed by atoms with Gasteiger partial charge in [-0.1, -0.05) is 37.3 Å². The normalized spacial score (nSPS) is 27.5. The third-order valence-corrected chi connectivity index (χ3v) is 8.92. The number of anilines is 1. The molecule has 6 rings (SSSR count). The fourth-order valence-electron chi connectivity index (χ4n) is 7.62. The second-order valence-corrected chi connectivity index (χ2v) is 12.2. The average Bonchev–Trinajstić information content (AvgIpc) is 2.83. The van der Waals surface area contributed by atoms with Crippen molar-refractivity contribution in [1.82, 2.24) is 10.6 Å². The van der Waals surface area contributed by atoms with Gasteiger partial charge in [0.1, 0.15) is 5.75 Å². The van der Waals surface area contributed by atoms with Gasteiger partial charge in [0.2, 0.25) is 12.3 Å². The van der Waals surface area contributed by atoms with Crippen molar-refractivity contribution in [2.45, 2.75) is 82.7 Å². The van der Waals surface area contributed by atoms with E-state index in [9.17, 15) is 14.7 Å². The highest BCUT2D eigenvalue weighted by atomic mass is 16.3. The molecule has 4 fully saturated rings. The predicted molar refractivity (Wildman–Crippen MR) is 147 cm³/mol. The number of benzene rings is 2. The summed E-state index contributed by atoms with van der Waals surface area (Å²) in [6, 6.07) is 14.0. The van der Waals surface area contributed by atoms with Crippen LogP contribution in [0.1, 0.15) is 75.0 Å². The first-order chi connectivity index (χ1) is 17.8. The number of amides is 2. The monoisotopic (exact) mass is 503 g/mol. The second kappa shape index (κ2) is 10.9. The summed E-state index contributed by atoms with van der Waals surface area (Å²) in [5.41, 5.74) is 3.86. The lowest BCUT2D eigenvalue weighted by Crippen LogP contribution is -2.60. The van der Waals surface area contributed by atoms with Crippen LogP contribution < -0.4 is 16.0 Å². The topological polar surface area (TPSA) is 90.5 Å². The molecule has 0 heterocycles. The Kier molecular flexibility index (Phi) is 7.57. The molecule has 6 nitrogen and oxygen atoms in total. The Bertz CT molecular complexity index is 1100. The molecular weight excluding hydrogens is 462 g/mol. The van der Waals surface area contributed by atoms with Crippen molar-refractivity contribution in [2.24, 2.45) is 17.8 Å². The molecule has 4 aliphatic rings. The van der Waals surface area contributed by atoms with E-state index in [1.807, 2.05) is 12.1 Å². The number of hydrogen-bond acceptors (Lipinski definition) is 4. The van der Waals surface area contributed by atoms with Crippen LogP contribution in [0.4, 0.5) is 5.69 Å². The van der Waals surface area contributed by atoms with E-state index in [2.05, 4.69) is 54.1 Å². The van der Waals surface area contributed by atoms with Crippen molar-refractivity contribution in [3.05, 3.63) is 59.2 Å². The zero-order valence-corrected chi connectivity index (χ0v) is 22.1. The number of carbonyl (C=O) groups is 2. The molecule has 4 aliphatic carbocycles. The number of phenolic OH excluding ortho intramolecular Hbond substituents is 1. The first-order valence-corrected chi connectivity index (χ1v) is 14.0. The molecule has 2 atom stereocenters. The van der Waals surface area contributed by atoms with E-state index < -0.39 is 0 Å². The Morgan fingerprint density at radius 1 is 1.03 bits per heavy atom. The van der Waals surface area contributed by atoms with Crippen LogP contribution in [0.15, 0.2) is 42.5 Å². The van der Waals surface area contributed by atoms with E-state index >= 15 is 0 Å².